The monoisotopic (exact) mass is 311 g/mol. The van der Waals surface area contributed by atoms with E-state index in [1.807, 2.05) is 26.1 Å². The van der Waals surface area contributed by atoms with E-state index in [-0.39, 0.29) is 0 Å². The smallest absolute Gasteiger partial charge is 0.166 e. The van der Waals surface area contributed by atoms with E-state index in [0.29, 0.717) is 24.8 Å². The normalized spacial score (nSPS) is 10.6. The van der Waals surface area contributed by atoms with E-state index in [1.165, 1.54) is 0 Å². The number of rotatable bonds is 5. The van der Waals surface area contributed by atoms with Crippen molar-refractivity contribution in [3.8, 4) is 11.5 Å². The fraction of sp³-hybridized carbons (Fsp3) is 0.333. The minimum absolute atomic E-state index is 0.386. The van der Waals surface area contributed by atoms with Gasteiger partial charge in [0.1, 0.15) is 18.1 Å². The van der Waals surface area contributed by atoms with E-state index >= 15 is 0 Å². The third kappa shape index (κ3) is 2.88. The molecule has 0 bridgehead atoms. The molecule has 96 valence electrons. The molecule has 2 heterocycles. The maximum absolute atomic E-state index is 5.40. The van der Waals surface area contributed by atoms with Crippen LogP contribution in [-0.2, 0) is 11.3 Å². The van der Waals surface area contributed by atoms with Crippen LogP contribution in [0, 0.1) is 0 Å². The van der Waals surface area contributed by atoms with Crippen LogP contribution in [-0.4, -0.2) is 23.6 Å². The molecule has 0 aromatic carbocycles. The molecule has 0 fully saturated rings. The lowest BCUT2D eigenvalue weighted by Crippen LogP contribution is -2.03. The van der Waals surface area contributed by atoms with E-state index in [1.54, 1.807) is 6.26 Å². The van der Waals surface area contributed by atoms with Crippen molar-refractivity contribution in [1.29, 1.82) is 0 Å². The average Bonchev–Trinajstić information content (AvgIpc) is 2.82. The third-order valence-electron chi connectivity index (χ3n) is 2.31. The molecule has 0 radical (unpaired) electrons. The fourth-order valence-electron chi connectivity index (χ4n) is 1.48. The number of aromatic nitrogens is 2. The van der Waals surface area contributed by atoms with Gasteiger partial charge >= 0.3 is 0 Å². The summed E-state index contributed by atoms with van der Waals surface area (Å²) in [6.45, 7) is 2.95. The summed E-state index contributed by atoms with van der Waals surface area (Å²) in [4.78, 5) is 8.75. The molecule has 1 N–H and O–H groups in total. The number of nitrogens with one attached hydrogen (secondary N) is 1. The van der Waals surface area contributed by atoms with Gasteiger partial charge < -0.3 is 14.5 Å². The van der Waals surface area contributed by atoms with Crippen LogP contribution in [0.4, 0.5) is 5.82 Å². The summed E-state index contributed by atoms with van der Waals surface area (Å²) in [7, 11) is 1.81. The molecule has 6 heteroatoms. The molecule has 0 amide bonds. The molecule has 0 saturated heterocycles. The third-order valence-corrected chi connectivity index (χ3v) is 2.94. The van der Waals surface area contributed by atoms with Gasteiger partial charge in [0.2, 0.25) is 0 Å². The zero-order valence-electron chi connectivity index (χ0n) is 10.2. The van der Waals surface area contributed by atoms with Gasteiger partial charge in [-0.3, -0.25) is 0 Å². The van der Waals surface area contributed by atoms with Crippen LogP contribution in [0.25, 0.3) is 11.5 Å². The van der Waals surface area contributed by atoms with Gasteiger partial charge in [-0.05, 0) is 28.9 Å². The second kappa shape index (κ2) is 5.97. The van der Waals surface area contributed by atoms with Crippen molar-refractivity contribution in [1.82, 2.24) is 9.97 Å². The summed E-state index contributed by atoms with van der Waals surface area (Å²) in [5.41, 5.74) is 0.723. The number of ether oxygens (including phenoxy) is 1. The minimum Gasteiger partial charge on any atom is -0.461 e. The van der Waals surface area contributed by atoms with Crippen molar-refractivity contribution in [3.63, 3.8) is 0 Å². The van der Waals surface area contributed by atoms with Gasteiger partial charge in [-0.25, -0.2) is 9.97 Å². The minimum atomic E-state index is 0.386. The molecule has 2 aromatic heterocycles. The first-order valence-electron chi connectivity index (χ1n) is 5.61. The maximum Gasteiger partial charge on any atom is 0.166 e. The van der Waals surface area contributed by atoms with Gasteiger partial charge in [-0.2, -0.15) is 0 Å². The zero-order chi connectivity index (χ0) is 13.0. The van der Waals surface area contributed by atoms with Crippen molar-refractivity contribution < 1.29 is 9.15 Å². The van der Waals surface area contributed by atoms with E-state index in [9.17, 15) is 0 Å². The van der Waals surface area contributed by atoms with Gasteiger partial charge in [0.25, 0.3) is 0 Å². The van der Waals surface area contributed by atoms with Crippen LogP contribution in [0.5, 0.6) is 0 Å². The van der Waals surface area contributed by atoms with E-state index in [0.717, 1.165) is 16.0 Å². The Balaban J connectivity index is 2.38. The van der Waals surface area contributed by atoms with Crippen LogP contribution < -0.4 is 5.32 Å². The molecule has 5 nitrogen and oxygen atoms in total. The Morgan fingerprint density at radius 1 is 1.44 bits per heavy atom. The van der Waals surface area contributed by atoms with Crippen molar-refractivity contribution in [2.24, 2.45) is 0 Å². The van der Waals surface area contributed by atoms with E-state index < -0.39 is 0 Å². The Bertz CT molecular complexity index is 528. The van der Waals surface area contributed by atoms with E-state index in [2.05, 4.69) is 31.2 Å². The Hall–Kier alpha value is -1.40. The lowest BCUT2D eigenvalue weighted by molar-refractivity contribution is 0.128. The van der Waals surface area contributed by atoms with E-state index in [4.69, 9.17) is 9.15 Å². The average molecular weight is 312 g/mol. The zero-order valence-corrected chi connectivity index (χ0v) is 11.8. The highest BCUT2D eigenvalue weighted by Crippen LogP contribution is 2.28. The van der Waals surface area contributed by atoms with Gasteiger partial charge in [-0.15, -0.1) is 0 Å². The Morgan fingerprint density at radius 2 is 2.28 bits per heavy atom. The topological polar surface area (TPSA) is 60.2 Å². The Kier molecular flexibility index (Phi) is 4.33. The lowest BCUT2D eigenvalue weighted by atomic mass is 10.3. The van der Waals surface area contributed by atoms with Crippen molar-refractivity contribution in [2.45, 2.75) is 13.5 Å². The van der Waals surface area contributed by atoms with Crippen LogP contribution in [0.1, 0.15) is 12.7 Å². The van der Waals surface area contributed by atoms with Crippen molar-refractivity contribution in [3.05, 3.63) is 28.7 Å². The Labute approximate surface area is 114 Å². The summed E-state index contributed by atoms with van der Waals surface area (Å²) < 4.78 is 11.6. The highest BCUT2D eigenvalue weighted by molar-refractivity contribution is 9.10. The van der Waals surface area contributed by atoms with Crippen molar-refractivity contribution in [2.75, 3.05) is 19.0 Å². The number of furan rings is 1. The Morgan fingerprint density at radius 3 is 2.89 bits per heavy atom. The van der Waals surface area contributed by atoms with Crippen LogP contribution in [0.2, 0.25) is 0 Å². The number of halogens is 1. The number of anilines is 1. The van der Waals surface area contributed by atoms with Crippen molar-refractivity contribution >= 4 is 21.7 Å². The number of hydrogen-bond acceptors (Lipinski definition) is 5. The molecule has 0 aliphatic rings. The molecule has 18 heavy (non-hydrogen) atoms. The number of hydrogen-bond donors (Lipinski definition) is 1. The molecule has 0 spiro atoms. The number of nitrogens with zero attached hydrogens (tertiary/aromatic N) is 2. The fourth-order valence-corrected chi connectivity index (χ4v) is 1.88. The van der Waals surface area contributed by atoms with Gasteiger partial charge in [-0.1, -0.05) is 0 Å². The van der Waals surface area contributed by atoms with Crippen LogP contribution >= 0.6 is 15.9 Å². The molecule has 0 aliphatic heterocycles. The molecule has 0 saturated carbocycles. The largest absolute Gasteiger partial charge is 0.461 e. The molecule has 0 unspecified atom stereocenters. The molecular formula is C12H14BrN3O2. The standard InChI is InChI=1S/C12H14BrN3O2/c1-3-17-7-11-15-9(6-10(14-2)16-11)12-8(13)4-5-18-12/h4-6H,3,7H2,1-2H3,(H,14,15,16). The van der Waals surface area contributed by atoms with Crippen LogP contribution in [0.3, 0.4) is 0 Å². The second-order valence-electron chi connectivity index (χ2n) is 3.54. The summed E-state index contributed by atoms with van der Waals surface area (Å²) in [5, 5.41) is 3.00. The van der Waals surface area contributed by atoms with Gasteiger partial charge in [0.15, 0.2) is 11.6 Å². The molecule has 2 aromatic rings. The highest BCUT2D eigenvalue weighted by Gasteiger charge is 2.11. The first-order valence-corrected chi connectivity index (χ1v) is 6.40. The van der Waals surface area contributed by atoms with Gasteiger partial charge in [0.05, 0.1) is 10.7 Å². The highest BCUT2D eigenvalue weighted by atomic mass is 79.9. The predicted molar refractivity (Wildman–Crippen MR) is 72.3 cm³/mol. The molecule has 0 aliphatic carbocycles. The van der Waals surface area contributed by atoms with Gasteiger partial charge in [0, 0.05) is 19.7 Å². The summed E-state index contributed by atoms with van der Waals surface area (Å²) in [6.07, 6.45) is 1.61. The SMILES string of the molecule is CCOCc1nc(NC)cc(-c2occc2Br)n1. The summed E-state index contributed by atoms with van der Waals surface area (Å²) in [5.74, 6) is 2.05. The summed E-state index contributed by atoms with van der Waals surface area (Å²) >= 11 is 3.42. The van der Waals surface area contributed by atoms with Crippen LogP contribution in [0.15, 0.2) is 27.3 Å². The molecular weight excluding hydrogens is 298 g/mol. The maximum atomic E-state index is 5.40. The second-order valence-corrected chi connectivity index (χ2v) is 4.39. The molecule has 2 rings (SSSR count). The first-order chi connectivity index (χ1) is 8.74. The lowest BCUT2D eigenvalue weighted by Gasteiger charge is -2.06. The summed E-state index contributed by atoms with van der Waals surface area (Å²) in [6, 6.07) is 3.66. The predicted octanol–water partition coefficient (Wildman–Crippen LogP) is 3.08. The molecule has 0 atom stereocenters. The quantitative estimate of drug-likeness (QED) is 0.919. The first kappa shape index (κ1) is 13.0.